The quantitative estimate of drug-likeness (QED) is 0.709. The monoisotopic (exact) mass is 234 g/mol. The van der Waals surface area contributed by atoms with Crippen LogP contribution in [0.5, 0.6) is 0 Å². The molecular formula is C14H18O3. The van der Waals surface area contributed by atoms with Crippen LogP contribution in [-0.4, -0.2) is 19.2 Å². The molecular weight excluding hydrogens is 216 g/mol. The van der Waals surface area contributed by atoms with E-state index in [-0.39, 0.29) is 11.9 Å². The van der Waals surface area contributed by atoms with Gasteiger partial charge in [-0.25, -0.2) is 0 Å². The van der Waals surface area contributed by atoms with Crippen molar-refractivity contribution in [2.75, 3.05) is 13.2 Å². The second kappa shape index (κ2) is 5.82. The highest BCUT2D eigenvalue weighted by Crippen LogP contribution is 2.39. The summed E-state index contributed by atoms with van der Waals surface area (Å²) in [6.07, 6.45) is 0.910. The summed E-state index contributed by atoms with van der Waals surface area (Å²) >= 11 is 0. The summed E-state index contributed by atoms with van der Waals surface area (Å²) in [6, 6.07) is 10.1. The van der Waals surface area contributed by atoms with Gasteiger partial charge >= 0.3 is 5.97 Å². The van der Waals surface area contributed by atoms with Gasteiger partial charge in [-0.15, -0.1) is 0 Å². The second-order valence-electron chi connectivity index (χ2n) is 4.36. The number of esters is 1. The molecule has 0 N–H and O–H groups in total. The molecule has 1 aromatic rings. The molecule has 17 heavy (non-hydrogen) atoms. The van der Waals surface area contributed by atoms with Gasteiger partial charge in [0.1, 0.15) is 0 Å². The summed E-state index contributed by atoms with van der Waals surface area (Å²) in [5.41, 5.74) is 1.17. The lowest BCUT2D eigenvalue weighted by Gasteiger charge is -2.04. The minimum Gasteiger partial charge on any atom is -0.466 e. The Morgan fingerprint density at radius 2 is 2.12 bits per heavy atom. The number of ether oxygens (including phenoxy) is 2. The number of rotatable bonds is 6. The Morgan fingerprint density at radius 1 is 1.35 bits per heavy atom. The molecule has 1 aromatic carbocycles. The molecule has 1 saturated carbocycles. The Hall–Kier alpha value is -1.35. The average molecular weight is 234 g/mol. The molecule has 3 nitrogen and oxygen atoms in total. The number of carbonyl (C=O) groups is 1. The topological polar surface area (TPSA) is 35.5 Å². The maximum atomic E-state index is 11.4. The first-order chi connectivity index (χ1) is 8.31. The molecule has 0 aliphatic heterocycles. The molecule has 1 fully saturated rings. The predicted octanol–water partition coefficient (Wildman–Crippen LogP) is 2.40. The van der Waals surface area contributed by atoms with Crippen molar-refractivity contribution in [3.05, 3.63) is 35.9 Å². The molecule has 0 bridgehead atoms. The number of hydrogen-bond acceptors (Lipinski definition) is 3. The first-order valence-corrected chi connectivity index (χ1v) is 6.09. The largest absolute Gasteiger partial charge is 0.466 e. The van der Waals surface area contributed by atoms with E-state index < -0.39 is 0 Å². The van der Waals surface area contributed by atoms with E-state index in [4.69, 9.17) is 9.47 Å². The number of benzene rings is 1. The zero-order valence-corrected chi connectivity index (χ0v) is 10.1. The lowest BCUT2D eigenvalue weighted by atomic mass is 10.2. The van der Waals surface area contributed by atoms with E-state index in [1.54, 1.807) is 0 Å². The van der Waals surface area contributed by atoms with Gasteiger partial charge in [-0.2, -0.15) is 0 Å². The fourth-order valence-electron chi connectivity index (χ4n) is 1.87. The third-order valence-corrected chi connectivity index (χ3v) is 2.96. The van der Waals surface area contributed by atoms with Crippen LogP contribution in [0.1, 0.15) is 18.9 Å². The van der Waals surface area contributed by atoms with Crippen LogP contribution in [0.2, 0.25) is 0 Å². The van der Waals surface area contributed by atoms with Gasteiger partial charge in [0, 0.05) is 0 Å². The van der Waals surface area contributed by atoms with E-state index in [9.17, 15) is 4.79 Å². The van der Waals surface area contributed by atoms with Crippen LogP contribution in [-0.2, 0) is 20.9 Å². The highest BCUT2D eigenvalue weighted by Gasteiger charge is 2.44. The zero-order valence-electron chi connectivity index (χ0n) is 10.1. The van der Waals surface area contributed by atoms with Crippen molar-refractivity contribution >= 4 is 5.97 Å². The minimum absolute atomic E-state index is 0.0687. The highest BCUT2D eigenvalue weighted by molar-refractivity contribution is 5.75. The van der Waals surface area contributed by atoms with Crippen LogP contribution in [0.4, 0.5) is 0 Å². The Balaban J connectivity index is 1.63. The Morgan fingerprint density at radius 3 is 2.82 bits per heavy atom. The lowest BCUT2D eigenvalue weighted by Crippen LogP contribution is -2.09. The summed E-state index contributed by atoms with van der Waals surface area (Å²) in [5.74, 6) is 0.365. The van der Waals surface area contributed by atoms with E-state index in [2.05, 4.69) is 0 Å². The van der Waals surface area contributed by atoms with Gasteiger partial charge in [0.2, 0.25) is 0 Å². The van der Waals surface area contributed by atoms with Crippen molar-refractivity contribution in [2.45, 2.75) is 20.0 Å². The molecule has 0 heterocycles. The third kappa shape index (κ3) is 3.56. The van der Waals surface area contributed by atoms with Crippen molar-refractivity contribution in [1.29, 1.82) is 0 Å². The molecule has 0 radical (unpaired) electrons. The van der Waals surface area contributed by atoms with Gasteiger partial charge in [-0.1, -0.05) is 30.3 Å². The van der Waals surface area contributed by atoms with Crippen molar-refractivity contribution in [1.82, 2.24) is 0 Å². The SMILES string of the molecule is CCOC(=O)[C@@H]1C[C@H]1COCc1ccccc1. The normalized spacial score (nSPS) is 22.2. The van der Waals surface area contributed by atoms with Gasteiger partial charge in [0.25, 0.3) is 0 Å². The van der Waals surface area contributed by atoms with Crippen LogP contribution in [0.15, 0.2) is 30.3 Å². The van der Waals surface area contributed by atoms with Crippen LogP contribution in [0.25, 0.3) is 0 Å². The smallest absolute Gasteiger partial charge is 0.309 e. The van der Waals surface area contributed by atoms with Crippen molar-refractivity contribution in [3.63, 3.8) is 0 Å². The summed E-state index contributed by atoms with van der Waals surface area (Å²) in [5, 5.41) is 0. The Kier molecular flexibility index (Phi) is 4.15. The van der Waals surface area contributed by atoms with Gasteiger partial charge in [-0.05, 0) is 24.8 Å². The third-order valence-electron chi connectivity index (χ3n) is 2.96. The Labute approximate surface area is 102 Å². The minimum atomic E-state index is -0.0687. The fraction of sp³-hybridized carbons (Fsp3) is 0.500. The average Bonchev–Trinajstić information content (AvgIpc) is 3.10. The fourth-order valence-corrected chi connectivity index (χ4v) is 1.87. The van der Waals surface area contributed by atoms with E-state index in [0.717, 1.165) is 6.42 Å². The molecule has 0 spiro atoms. The van der Waals surface area contributed by atoms with Crippen LogP contribution >= 0.6 is 0 Å². The van der Waals surface area contributed by atoms with E-state index in [1.165, 1.54) is 5.56 Å². The predicted molar refractivity (Wildman–Crippen MR) is 64.3 cm³/mol. The van der Waals surface area contributed by atoms with E-state index in [1.807, 2.05) is 37.3 Å². The number of hydrogen-bond donors (Lipinski definition) is 0. The van der Waals surface area contributed by atoms with Crippen molar-refractivity contribution < 1.29 is 14.3 Å². The van der Waals surface area contributed by atoms with Crippen molar-refractivity contribution in [2.24, 2.45) is 11.8 Å². The molecule has 2 atom stereocenters. The van der Waals surface area contributed by atoms with Gasteiger partial charge in [0.15, 0.2) is 0 Å². The first-order valence-electron chi connectivity index (χ1n) is 6.09. The van der Waals surface area contributed by atoms with E-state index in [0.29, 0.717) is 25.7 Å². The lowest BCUT2D eigenvalue weighted by molar-refractivity contribution is -0.145. The molecule has 2 rings (SSSR count). The molecule has 0 aromatic heterocycles. The van der Waals surface area contributed by atoms with Gasteiger partial charge in [-0.3, -0.25) is 4.79 Å². The summed E-state index contributed by atoms with van der Waals surface area (Å²) in [7, 11) is 0. The molecule has 0 saturated heterocycles. The summed E-state index contributed by atoms with van der Waals surface area (Å²) in [6.45, 7) is 3.57. The maximum absolute atomic E-state index is 11.4. The van der Waals surface area contributed by atoms with Crippen molar-refractivity contribution in [3.8, 4) is 0 Å². The molecule has 0 unspecified atom stereocenters. The molecule has 1 aliphatic rings. The van der Waals surface area contributed by atoms with E-state index >= 15 is 0 Å². The molecule has 0 amide bonds. The van der Waals surface area contributed by atoms with Crippen LogP contribution < -0.4 is 0 Å². The summed E-state index contributed by atoms with van der Waals surface area (Å²) < 4.78 is 10.6. The second-order valence-corrected chi connectivity index (χ2v) is 4.36. The zero-order chi connectivity index (χ0) is 12.1. The standard InChI is InChI=1S/C14H18O3/c1-2-17-14(15)13-8-12(13)10-16-9-11-6-4-3-5-7-11/h3-7,12-13H,2,8-10H2,1H3/t12-,13+/m0/s1. The highest BCUT2D eigenvalue weighted by atomic mass is 16.5. The number of carbonyl (C=O) groups excluding carboxylic acids is 1. The van der Waals surface area contributed by atoms with Gasteiger partial charge in [0.05, 0.1) is 25.7 Å². The first kappa shape index (κ1) is 12.1. The molecule has 92 valence electrons. The van der Waals surface area contributed by atoms with Gasteiger partial charge < -0.3 is 9.47 Å². The molecule has 1 aliphatic carbocycles. The van der Waals surface area contributed by atoms with Crippen LogP contribution in [0.3, 0.4) is 0 Å². The Bertz CT molecular complexity index is 361. The maximum Gasteiger partial charge on any atom is 0.309 e. The molecule has 3 heteroatoms. The summed E-state index contributed by atoms with van der Waals surface area (Å²) in [4.78, 5) is 11.4. The van der Waals surface area contributed by atoms with Crippen LogP contribution in [0, 0.1) is 11.8 Å².